The predicted molar refractivity (Wildman–Crippen MR) is 35.7 cm³/mol. The molecule has 0 amide bonds. The number of rotatable bonds is 2. The van der Waals surface area contributed by atoms with Crippen molar-refractivity contribution in [2.75, 3.05) is 11.6 Å². The fourth-order valence-electron chi connectivity index (χ4n) is 0.569. The van der Waals surface area contributed by atoms with E-state index in [-0.39, 0.29) is 0 Å². The van der Waals surface area contributed by atoms with E-state index >= 15 is 0 Å². The molecule has 0 aliphatic rings. The Hall–Kier alpha value is -1.16. The fourth-order valence-corrected chi connectivity index (χ4v) is 0.569. The molecule has 10 heavy (non-hydrogen) atoms. The first-order valence-corrected chi connectivity index (χ1v) is 3.00. The molecule has 0 fully saturated rings. The summed E-state index contributed by atoms with van der Waals surface area (Å²) < 4.78 is 0. The molecule has 1 rings (SSSR count). The third kappa shape index (κ3) is 1.41. The van der Waals surface area contributed by atoms with Gasteiger partial charge in [-0.25, -0.2) is 0 Å². The summed E-state index contributed by atoms with van der Waals surface area (Å²) in [5, 5.41) is 17.1. The van der Waals surface area contributed by atoms with Gasteiger partial charge in [-0.1, -0.05) is 0 Å². The summed E-state index contributed by atoms with van der Waals surface area (Å²) in [6.45, 7) is 2.34. The maximum Gasteiger partial charge on any atom is 0.141 e. The molecular formula is C6H8N3O. The van der Waals surface area contributed by atoms with Gasteiger partial charge >= 0.3 is 0 Å². The third-order valence-corrected chi connectivity index (χ3v) is 1.10. The van der Waals surface area contributed by atoms with E-state index in [0.717, 1.165) is 5.06 Å². The molecule has 53 valence electrons. The second-order valence-corrected chi connectivity index (χ2v) is 1.74. The summed E-state index contributed by atoms with van der Waals surface area (Å²) in [4.78, 5) is 0. The van der Waals surface area contributed by atoms with Crippen molar-refractivity contribution in [3.05, 3.63) is 18.5 Å². The van der Waals surface area contributed by atoms with Gasteiger partial charge in [-0.15, -0.1) is 5.10 Å². The number of hydrogen-bond acceptors (Lipinski definition) is 4. The normalized spacial score (nSPS) is 9.40. The summed E-state index contributed by atoms with van der Waals surface area (Å²) >= 11 is 0. The Bertz CT molecular complexity index is 189. The lowest BCUT2D eigenvalue weighted by Gasteiger charge is -2.11. The molecule has 0 bridgehead atoms. The lowest BCUT2D eigenvalue weighted by Crippen LogP contribution is -2.16. The van der Waals surface area contributed by atoms with Crippen LogP contribution in [0.2, 0.25) is 0 Å². The molecule has 1 aromatic rings. The van der Waals surface area contributed by atoms with Gasteiger partial charge in [0, 0.05) is 6.54 Å². The minimum atomic E-state index is 0.516. The molecule has 4 nitrogen and oxygen atoms in total. The molecule has 1 N–H and O–H groups in total. The highest BCUT2D eigenvalue weighted by Crippen LogP contribution is 2.05. The van der Waals surface area contributed by atoms with Crippen molar-refractivity contribution < 1.29 is 5.21 Å². The summed E-state index contributed by atoms with van der Waals surface area (Å²) in [5.41, 5.74) is 0.539. The first kappa shape index (κ1) is 6.95. The van der Waals surface area contributed by atoms with E-state index in [2.05, 4.69) is 16.4 Å². The van der Waals surface area contributed by atoms with Gasteiger partial charge in [-0.2, -0.15) is 5.10 Å². The van der Waals surface area contributed by atoms with E-state index < -0.39 is 0 Å². The molecule has 0 spiro atoms. The van der Waals surface area contributed by atoms with Crippen LogP contribution in [0.1, 0.15) is 6.92 Å². The minimum Gasteiger partial charge on any atom is -0.288 e. The molecule has 0 aliphatic heterocycles. The molecule has 0 aromatic carbocycles. The highest BCUT2D eigenvalue weighted by molar-refractivity contribution is 5.37. The maximum atomic E-state index is 9.06. The number of nitrogens with zero attached hydrogens (tertiary/aromatic N) is 3. The van der Waals surface area contributed by atoms with Gasteiger partial charge in [0.15, 0.2) is 0 Å². The average Bonchev–Trinajstić information content (AvgIpc) is 2.05. The molecule has 1 heterocycles. The van der Waals surface area contributed by atoms with Crippen molar-refractivity contribution in [3.8, 4) is 0 Å². The largest absolute Gasteiger partial charge is 0.288 e. The predicted octanol–water partition coefficient (Wildman–Crippen LogP) is 0.492. The van der Waals surface area contributed by atoms with Crippen LogP contribution in [0.3, 0.4) is 0 Å². The van der Waals surface area contributed by atoms with Crippen LogP contribution in [-0.2, 0) is 0 Å². The Kier molecular flexibility index (Phi) is 2.17. The Morgan fingerprint density at radius 1 is 1.80 bits per heavy atom. The van der Waals surface area contributed by atoms with Crippen molar-refractivity contribution >= 4 is 5.69 Å². The van der Waals surface area contributed by atoms with Crippen molar-refractivity contribution in [2.24, 2.45) is 0 Å². The zero-order valence-corrected chi connectivity index (χ0v) is 5.65. The van der Waals surface area contributed by atoms with Gasteiger partial charge in [0.05, 0.1) is 11.9 Å². The second kappa shape index (κ2) is 3.12. The molecule has 1 radical (unpaired) electrons. The Labute approximate surface area is 59.1 Å². The SMILES string of the molecule is CCN(O)c1[c]nncc1. The number of aromatic nitrogens is 2. The standard InChI is InChI=1S/C6H8N3O/c1-2-9(10)6-3-4-7-8-5-6/h3-4,10H,2H2,1H3. The average molecular weight is 138 g/mol. The monoisotopic (exact) mass is 138 g/mol. The fraction of sp³-hybridized carbons (Fsp3) is 0.333. The van der Waals surface area contributed by atoms with Gasteiger partial charge in [0.25, 0.3) is 0 Å². The van der Waals surface area contributed by atoms with Crippen LogP contribution < -0.4 is 5.06 Å². The quantitative estimate of drug-likeness (QED) is 0.604. The number of anilines is 1. The van der Waals surface area contributed by atoms with Crippen molar-refractivity contribution in [1.29, 1.82) is 0 Å². The third-order valence-electron chi connectivity index (χ3n) is 1.10. The Morgan fingerprint density at radius 2 is 2.60 bits per heavy atom. The van der Waals surface area contributed by atoms with Crippen LogP contribution in [0.5, 0.6) is 0 Å². The summed E-state index contributed by atoms with van der Waals surface area (Å²) in [7, 11) is 0. The summed E-state index contributed by atoms with van der Waals surface area (Å²) in [5.74, 6) is 0. The molecular weight excluding hydrogens is 130 g/mol. The van der Waals surface area contributed by atoms with Crippen molar-refractivity contribution in [1.82, 2.24) is 10.2 Å². The summed E-state index contributed by atoms with van der Waals surface area (Å²) in [6.07, 6.45) is 4.04. The Morgan fingerprint density at radius 3 is 3.10 bits per heavy atom. The molecule has 0 aliphatic carbocycles. The van der Waals surface area contributed by atoms with Gasteiger partial charge in [-0.3, -0.25) is 10.3 Å². The van der Waals surface area contributed by atoms with Crippen LogP contribution >= 0.6 is 0 Å². The number of hydrogen-bond donors (Lipinski definition) is 1. The number of hydroxylamine groups is 1. The highest BCUT2D eigenvalue weighted by atomic mass is 16.5. The van der Waals surface area contributed by atoms with Gasteiger partial charge in [-0.05, 0) is 13.0 Å². The smallest absolute Gasteiger partial charge is 0.141 e. The first-order chi connectivity index (χ1) is 4.84. The van der Waals surface area contributed by atoms with E-state index in [1.165, 1.54) is 6.20 Å². The second-order valence-electron chi connectivity index (χ2n) is 1.74. The van der Waals surface area contributed by atoms with Gasteiger partial charge in [0.2, 0.25) is 0 Å². The van der Waals surface area contributed by atoms with Crippen molar-refractivity contribution in [3.63, 3.8) is 0 Å². The lowest BCUT2D eigenvalue weighted by molar-refractivity contribution is 0.259. The maximum absolute atomic E-state index is 9.06. The minimum absolute atomic E-state index is 0.516. The molecule has 0 atom stereocenters. The van der Waals surface area contributed by atoms with Crippen LogP contribution in [0.4, 0.5) is 5.69 Å². The van der Waals surface area contributed by atoms with Crippen LogP contribution in [0.15, 0.2) is 12.3 Å². The summed E-state index contributed by atoms with van der Waals surface area (Å²) in [6, 6.07) is 1.64. The molecule has 4 heteroatoms. The highest BCUT2D eigenvalue weighted by Gasteiger charge is 1.97. The lowest BCUT2D eigenvalue weighted by atomic mass is 10.4. The zero-order chi connectivity index (χ0) is 7.40. The van der Waals surface area contributed by atoms with Crippen LogP contribution in [-0.4, -0.2) is 21.9 Å². The molecule has 0 saturated heterocycles. The molecule has 0 unspecified atom stereocenters. The zero-order valence-electron chi connectivity index (χ0n) is 5.65. The van der Waals surface area contributed by atoms with E-state index in [0.29, 0.717) is 12.2 Å². The van der Waals surface area contributed by atoms with Crippen molar-refractivity contribution in [2.45, 2.75) is 6.92 Å². The molecule has 1 aromatic heterocycles. The molecule has 0 saturated carbocycles. The van der Waals surface area contributed by atoms with Crippen LogP contribution in [0, 0.1) is 6.20 Å². The van der Waals surface area contributed by atoms with E-state index in [4.69, 9.17) is 5.21 Å². The van der Waals surface area contributed by atoms with E-state index in [9.17, 15) is 0 Å². The Balaban J connectivity index is 2.75. The van der Waals surface area contributed by atoms with Gasteiger partial charge in [0.1, 0.15) is 6.20 Å². The van der Waals surface area contributed by atoms with Crippen LogP contribution in [0.25, 0.3) is 0 Å². The topological polar surface area (TPSA) is 49.2 Å². The van der Waals surface area contributed by atoms with E-state index in [1.807, 2.05) is 6.92 Å². The first-order valence-electron chi connectivity index (χ1n) is 3.00. The van der Waals surface area contributed by atoms with Gasteiger partial charge < -0.3 is 0 Å². The van der Waals surface area contributed by atoms with E-state index in [1.54, 1.807) is 6.07 Å².